The maximum absolute atomic E-state index is 12.8. The number of pyridine rings is 1. The van der Waals surface area contributed by atoms with Crippen LogP contribution in [-0.2, 0) is 0 Å². The predicted molar refractivity (Wildman–Crippen MR) is 47.8 cm³/mol. The normalized spacial score (nSPS) is 10.6. The Bertz CT molecular complexity index is 335. The molecule has 0 aliphatic carbocycles. The highest BCUT2D eigenvalue weighted by molar-refractivity contribution is 9.10. The van der Waals surface area contributed by atoms with E-state index in [1.807, 2.05) is 0 Å². The summed E-state index contributed by atoms with van der Waals surface area (Å²) in [5.41, 5.74) is 4.99. The molecule has 1 heterocycles. The number of alkyl halides is 2. The molecule has 0 unspecified atom stereocenters. The minimum absolute atomic E-state index is 0.179. The Morgan fingerprint density at radius 2 is 2.21 bits per heavy atom. The summed E-state index contributed by atoms with van der Waals surface area (Å²) in [7, 11) is 0. The van der Waals surface area contributed by atoms with Crippen LogP contribution in [-0.4, -0.2) is 18.0 Å². The van der Waals surface area contributed by atoms with Gasteiger partial charge in [-0.05, 0) is 22.0 Å². The van der Waals surface area contributed by atoms with Crippen molar-refractivity contribution < 1.29 is 17.9 Å². The first-order valence-electron chi connectivity index (χ1n) is 3.53. The lowest BCUT2D eigenvalue weighted by molar-refractivity contribution is 0.0787. The highest BCUT2D eigenvalue weighted by Gasteiger charge is 2.11. The second-order valence-electron chi connectivity index (χ2n) is 2.36. The summed E-state index contributed by atoms with van der Waals surface area (Å²) < 4.78 is 41.0. The molecule has 0 saturated carbocycles. The largest absolute Gasteiger partial charge is 0.471 e. The molecule has 78 valence electrons. The Kier molecular flexibility index (Phi) is 3.56. The van der Waals surface area contributed by atoms with Gasteiger partial charge in [0.1, 0.15) is 0 Å². The lowest BCUT2D eigenvalue weighted by atomic mass is 10.4. The van der Waals surface area contributed by atoms with Crippen molar-refractivity contribution in [2.45, 2.75) is 6.43 Å². The number of nitrogens with two attached hydrogens (primary N) is 1. The number of rotatable bonds is 3. The van der Waals surface area contributed by atoms with E-state index in [2.05, 4.69) is 25.7 Å². The van der Waals surface area contributed by atoms with Crippen molar-refractivity contribution in [1.82, 2.24) is 4.98 Å². The molecule has 2 N–H and O–H groups in total. The van der Waals surface area contributed by atoms with Gasteiger partial charge in [0, 0.05) is 0 Å². The van der Waals surface area contributed by atoms with E-state index in [9.17, 15) is 13.2 Å². The summed E-state index contributed by atoms with van der Waals surface area (Å²) in [6.07, 6.45) is -2.63. The van der Waals surface area contributed by atoms with Crippen molar-refractivity contribution in [2.24, 2.45) is 0 Å². The number of ether oxygens (including phenoxy) is 1. The molecule has 14 heavy (non-hydrogen) atoms. The molecule has 1 rings (SSSR count). The summed E-state index contributed by atoms with van der Waals surface area (Å²) in [4.78, 5) is 3.25. The van der Waals surface area contributed by atoms with Gasteiger partial charge in [0.2, 0.25) is 11.8 Å². The molecule has 0 aromatic carbocycles. The monoisotopic (exact) mass is 270 g/mol. The van der Waals surface area contributed by atoms with Crippen LogP contribution in [0.3, 0.4) is 0 Å². The molecule has 3 nitrogen and oxygen atoms in total. The zero-order chi connectivity index (χ0) is 10.7. The molecule has 1 aromatic rings. The van der Waals surface area contributed by atoms with E-state index in [0.717, 1.165) is 0 Å². The van der Waals surface area contributed by atoms with Gasteiger partial charge in [-0.15, -0.1) is 0 Å². The Balaban J connectivity index is 2.82. The number of nitrogen functional groups attached to an aromatic ring is 1. The summed E-state index contributed by atoms with van der Waals surface area (Å²) >= 11 is 2.95. The third-order valence-electron chi connectivity index (χ3n) is 1.27. The third-order valence-corrected chi connectivity index (χ3v) is 1.84. The number of hydrogen-bond donors (Lipinski definition) is 1. The highest BCUT2D eigenvalue weighted by Crippen LogP contribution is 2.26. The van der Waals surface area contributed by atoms with Crippen molar-refractivity contribution in [2.75, 3.05) is 12.3 Å². The smallest absolute Gasteiger partial charge is 0.272 e. The van der Waals surface area contributed by atoms with E-state index < -0.39 is 19.0 Å². The molecule has 0 aliphatic heterocycles. The Morgan fingerprint density at radius 3 is 2.79 bits per heavy atom. The van der Waals surface area contributed by atoms with Gasteiger partial charge >= 0.3 is 0 Å². The molecule has 0 radical (unpaired) electrons. The van der Waals surface area contributed by atoms with Crippen LogP contribution in [0.2, 0.25) is 0 Å². The van der Waals surface area contributed by atoms with Crippen LogP contribution >= 0.6 is 15.9 Å². The van der Waals surface area contributed by atoms with Gasteiger partial charge in [-0.1, -0.05) is 0 Å². The number of nitrogens with zero attached hydrogens (tertiary/aromatic N) is 1. The molecule has 0 aliphatic rings. The minimum Gasteiger partial charge on any atom is -0.471 e. The average Bonchev–Trinajstić information content (AvgIpc) is 2.09. The minimum atomic E-state index is -2.63. The molecule has 0 atom stereocenters. The Hall–Kier alpha value is -0.980. The van der Waals surface area contributed by atoms with E-state index in [1.165, 1.54) is 6.07 Å². The predicted octanol–water partition coefficient (Wildman–Crippen LogP) is 2.21. The molecular formula is C7H6BrF3N2O. The third kappa shape index (κ3) is 2.76. The summed E-state index contributed by atoms with van der Waals surface area (Å²) in [5, 5.41) is 0. The average molecular weight is 271 g/mol. The van der Waals surface area contributed by atoms with Gasteiger partial charge in [-0.2, -0.15) is 9.37 Å². The van der Waals surface area contributed by atoms with Crippen molar-refractivity contribution in [1.29, 1.82) is 0 Å². The zero-order valence-electron chi connectivity index (χ0n) is 6.81. The van der Waals surface area contributed by atoms with Crippen LogP contribution in [0, 0.1) is 5.95 Å². The van der Waals surface area contributed by atoms with Gasteiger partial charge in [0.25, 0.3) is 6.43 Å². The number of hydrogen-bond acceptors (Lipinski definition) is 3. The summed E-state index contributed by atoms with van der Waals surface area (Å²) in [6, 6.07) is 1.20. The first-order chi connectivity index (χ1) is 6.50. The quantitative estimate of drug-likeness (QED) is 0.857. The Labute approximate surface area is 86.2 Å². The van der Waals surface area contributed by atoms with Crippen molar-refractivity contribution in [3.63, 3.8) is 0 Å². The highest BCUT2D eigenvalue weighted by atomic mass is 79.9. The first kappa shape index (κ1) is 11.1. The SMILES string of the molecule is Nc1cc(Br)c(OCC(F)F)nc1F. The van der Waals surface area contributed by atoms with E-state index in [4.69, 9.17) is 5.73 Å². The van der Waals surface area contributed by atoms with Crippen LogP contribution in [0.15, 0.2) is 10.5 Å². The number of aromatic nitrogens is 1. The molecule has 0 spiro atoms. The maximum atomic E-state index is 12.8. The molecule has 0 fully saturated rings. The van der Waals surface area contributed by atoms with Crippen molar-refractivity contribution in [3.05, 3.63) is 16.5 Å². The lowest BCUT2D eigenvalue weighted by Gasteiger charge is -2.07. The fraction of sp³-hybridized carbons (Fsp3) is 0.286. The van der Waals surface area contributed by atoms with Crippen LogP contribution < -0.4 is 10.5 Å². The summed E-state index contributed by atoms with van der Waals surface area (Å²) in [6.45, 7) is -0.838. The molecule has 0 bridgehead atoms. The van der Waals surface area contributed by atoms with Gasteiger partial charge in [-0.3, -0.25) is 0 Å². The molecular weight excluding hydrogens is 265 g/mol. The van der Waals surface area contributed by atoms with E-state index in [-0.39, 0.29) is 16.0 Å². The topological polar surface area (TPSA) is 48.1 Å². The lowest BCUT2D eigenvalue weighted by Crippen LogP contribution is -2.09. The van der Waals surface area contributed by atoms with Crippen LogP contribution in [0.1, 0.15) is 0 Å². The van der Waals surface area contributed by atoms with Crippen molar-refractivity contribution >= 4 is 21.6 Å². The second kappa shape index (κ2) is 4.50. The van der Waals surface area contributed by atoms with Gasteiger partial charge in [0.15, 0.2) is 6.61 Å². The van der Waals surface area contributed by atoms with Gasteiger partial charge < -0.3 is 10.5 Å². The van der Waals surface area contributed by atoms with Gasteiger partial charge in [-0.25, -0.2) is 8.78 Å². The van der Waals surface area contributed by atoms with E-state index in [0.29, 0.717) is 0 Å². The first-order valence-corrected chi connectivity index (χ1v) is 4.32. The fourth-order valence-corrected chi connectivity index (χ4v) is 1.16. The molecule has 7 heteroatoms. The number of halogens is 4. The van der Waals surface area contributed by atoms with Crippen LogP contribution in [0.4, 0.5) is 18.9 Å². The standard InChI is InChI=1S/C7H6BrF3N2O/c8-3-1-4(12)6(11)13-7(3)14-2-5(9)10/h1,5H,2,12H2. The van der Waals surface area contributed by atoms with Gasteiger partial charge in [0.05, 0.1) is 10.2 Å². The van der Waals surface area contributed by atoms with E-state index in [1.54, 1.807) is 0 Å². The summed E-state index contributed by atoms with van der Waals surface area (Å²) in [5.74, 6) is -1.19. The zero-order valence-corrected chi connectivity index (χ0v) is 8.39. The molecule has 0 saturated heterocycles. The molecule has 0 amide bonds. The Morgan fingerprint density at radius 1 is 1.57 bits per heavy atom. The maximum Gasteiger partial charge on any atom is 0.272 e. The van der Waals surface area contributed by atoms with Crippen LogP contribution in [0.25, 0.3) is 0 Å². The van der Waals surface area contributed by atoms with E-state index >= 15 is 0 Å². The second-order valence-corrected chi connectivity index (χ2v) is 3.21. The fourth-order valence-electron chi connectivity index (χ4n) is 0.708. The van der Waals surface area contributed by atoms with Crippen molar-refractivity contribution in [3.8, 4) is 5.88 Å². The van der Waals surface area contributed by atoms with Crippen LogP contribution in [0.5, 0.6) is 5.88 Å². The number of anilines is 1. The molecule has 1 aromatic heterocycles.